The van der Waals surface area contributed by atoms with Crippen molar-refractivity contribution >= 4 is 34.8 Å². The van der Waals surface area contributed by atoms with Crippen molar-refractivity contribution in [1.82, 2.24) is 9.78 Å². The fourth-order valence-corrected chi connectivity index (χ4v) is 3.28. The zero-order valence-electron chi connectivity index (χ0n) is 18.4. The first-order valence-corrected chi connectivity index (χ1v) is 10.6. The number of amides is 2. The van der Waals surface area contributed by atoms with Gasteiger partial charge in [0.1, 0.15) is 6.54 Å². The van der Waals surface area contributed by atoms with E-state index < -0.39 is 11.5 Å². The summed E-state index contributed by atoms with van der Waals surface area (Å²) in [5, 5.41) is 10.4. The number of para-hydroxylation sites is 1. The first-order chi connectivity index (χ1) is 15.2. The van der Waals surface area contributed by atoms with Crippen molar-refractivity contribution < 1.29 is 9.59 Å². The van der Waals surface area contributed by atoms with Crippen LogP contribution in [0.1, 0.15) is 25.0 Å². The number of aromatic nitrogens is 2. The van der Waals surface area contributed by atoms with Crippen molar-refractivity contribution in [2.75, 3.05) is 10.6 Å². The molecule has 3 aromatic rings. The Morgan fingerprint density at radius 1 is 1.03 bits per heavy atom. The predicted molar refractivity (Wildman–Crippen MR) is 127 cm³/mol. The predicted octanol–water partition coefficient (Wildman–Crippen LogP) is 4.41. The third-order valence-electron chi connectivity index (χ3n) is 4.96. The van der Waals surface area contributed by atoms with Gasteiger partial charge < -0.3 is 10.6 Å². The van der Waals surface area contributed by atoms with Crippen molar-refractivity contribution in [2.45, 2.75) is 34.2 Å². The number of hydrogen-bond acceptors (Lipinski definition) is 4. The molecule has 8 heteroatoms. The second-order valence-corrected chi connectivity index (χ2v) is 8.28. The van der Waals surface area contributed by atoms with Gasteiger partial charge in [0, 0.05) is 23.2 Å². The maximum atomic E-state index is 12.6. The quantitative estimate of drug-likeness (QED) is 0.579. The number of halogens is 1. The van der Waals surface area contributed by atoms with Gasteiger partial charge in [0.2, 0.25) is 11.8 Å². The zero-order valence-corrected chi connectivity index (χ0v) is 19.2. The largest absolute Gasteiger partial charge is 0.326 e. The highest BCUT2D eigenvalue weighted by atomic mass is 35.5. The summed E-state index contributed by atoms with van der Waals surface area (Å²) in [5.74, 6) is -0.658. The molecule has 0 aliphatic heterocycles. The lowest BCUT2D eigenvalue weighted by Crippen LogP contribution is -2.29. The van der Waals surface area contributed by atoms with Crippen LogP contribution in [-0.2, 0) is 16.1 Å². The van der Waals surface area contributed by atoms with Crippen LogP contribution in [0.25, 0.3) is 11.3 Å². The third-order valence-corrected chi connectivity index (χ3v) is 5.28. The Kier molecular flexibility index (Phi) is 7.10. The van der Waals surface area contributed by atoms with Crippen molar-refractivity contribution in [3.63, 3.8) is 0 Å². The van der Waals surface area contributed by atoms with E-state index in [4.69, 9.17) is 11.6 Å². The smallest absolute Gasteiger partial charge is 0.267 e. The number of benzene rings is 2. The Hall–Kier alpha value is -3.45. The van der Waals surface area contributed by atoms with Crippen LogP contribution in [0.4, 0.5) is 11.4 Å². The summed E-state index contributed by atoms with van der Waals surface area (Å²) in [5.41, 5.74) is 3.72. The summed E-state index contributed by atoms with van der Waals surface area (Å²) in [6.45, 7) is 7.11. The SMILES string of the molecule is Cc1ccc(-c2ccc(=O)n(CC(=O)Nc3c(C)cccc3Cl)n2)cc1NC(=O)C(C)C. The number of nitrogens with one attached hydrogen (secondary N) is 2. The summed E-state index contributed by atoms with van der Waals surface area (Å²) < 4.78 is 1.10. The maximum absolute atomic E-state index is 12.6. The van der Waals surface area contributed by atoms with Gasteiger partial charge in [-0.25, -0.2) is 4.68 Å². The van der Waals surface area contributed by atoms with Gasteiger partial charge in [0.25, 0.3) is 5.56 Å². The minimum atomic E-state index is -0.415. The number of carbonyl (C=O) groups is 2. The van der Waals surface area contributed by atoms with Gasteiger partial charge in [-0.15, -0.1) is 0 Å². The van der Waals surface area contributed by atoms with Crippen LogP contribution in [0.5, 0.6) is 0 Å². The van der Waals surface area contributed by atoms with E-state index in [9.17, 15) is 14.4 Å². The molecule has 0 saturated heterocycles. The molecule has 0 unspecified atom stereocenters. The van der Waals surface area contributed by atoms with Crippen LogP contribution in [0.2, 0.25) is 5.02 Å². The van der Waals surface area contributed by atoms with Crippen LogP contribution in [-0.4, -0.2) is 21.6 Å². The van der Waals surface area contributed by atoms with E-state index in [-0.39, 0.29) is 18.4 Å². The molecule has 2 amide bonds. The Bertz CT molecular complexity index is 1210. The van der Waals surface area contributed by atoms with Gasteiger partial charge in [-0.1, -0.05) is 49.7 Å². The highest BCUT2D eigenvalue weighted by molar-refractivity contribution is 6.33. The Balaban J connectivity index is 1.85. The monoisotopic (exact) mass is 452 g/mol. The standard InChI is InChI=1S/C24H25ClN4O3/c1-14(2)24(32)26-20-12-17(9-8-15(20)3)19-10-11-22(31)29(28-19)13-21(30)27-23-16(4)6-5-7-18(23)25/h5-12,14H,13H2,1-4H3,(H,26,32)(H,27,30). The van der Waals surface area contributed by atoms with Gasteiger partial charge in [0.15, 0.2) is 0 Å². The molecular weight excluding hydrogens is 428 g/mol. The van der Waals surface area contributed by atoms with Gasteiger partial charge in [0.05, 0.1) is 16.4 Å². The molecule has 0 aliphatic rings. The maximum Gasteiger partial charge on any atom is 0.267 e. The highest BCUT2D eigenvalue weighted by Gasteiger charge is 2.13. The fourth-order valence-electron chi connectivity index (χ4n) is 3.01. The summed E-state index contributed by atoms with van der Waals surface area (Å²) in [4.78, 5) is 37.0. The minimum absolute atomic E-state index is 0.0882. The highest BCUT2D eigenvalue weighted by Crippen LogP contribution is 2.26. The molecule has 0 spiro atoms. The number of carbonyl (C=O) groups excluding carboxylic acids is 2. The Labute approximate surface area is 191 Å². The number of rotatable bonds is 6. The normalized spacial score (nSPS) is 10.8. The minimum Gasteiger partial charge on any atom is -0.326 e. The van der Waals surface area contributed by atoms with Crippen LogP contribution in [0.3, 0.4) is 0 Å². The van der Waals surface area contributed by atoms with Crippen LogP contribution >= 0.6 is 11.6 Å². The number of hydrogen-bond donors (Lipinski definition) is 2. The fraction of sp³-hybridized carbons (Fsp3) is 0.250. The van der Waals surface area contributed by atoms with Crippen LogP contribution < -0.4 is 16.2 Å². The van der Waals surface area contributed by atoms with E-state index in [2.05, 4.69) is 15.7 Å². The molecule has 0 bridgehead atoms. The molecule has 32 heavy (non-hydrogen) atoms. The summed E-state index contributed by atoms with van der Waals surface area (Å²) >= 11 is 6.17. The zero-order chi connectivity index (χ0) is 23.4. The van der Waals surface area contributed by atoms with Crippen molar-refractivity contribution in [3.05, 3.63) is 75.0 Å². The Morgan fingerprint density at radius 3 is 2.47 bits per heavy atom. The van der Waals surface area contributed by atoms with Crippen LogP contribution in [0.15, 0.2) is 53.3 Å². The molecule has 0 atom stereocenters. The first-order valence-electron chi connectivity index (χ1n) is 10.2. The lowest BCUT2D eigenvalue weighted by molar-refractivity contribution is -0.119. The molecule has 2 aromatic carbocycles. The average molecular weight is 453 g/mol. The average Bonchev–Trinajstić information content (AvgIpc) is 2.74. The van der Waals surface area contributed by atoms with Crippen molar-refractivity contribution in [1.29, 1.82) is 0 Å². The summed E-state index contributed by atoms with van der Waals surface area (Å²) in [6.07, 6.45) is 0. The molecule has 0 saturated carbocycles. The lowest BCUT2D eigenvalue weighted by atomic mass is 10.1. The van der Waals surface area contributed by atoms with Gasteiger partial charge in [-0.2, -0.15) is 5.10 Å². The number of aryl methyl sites for hydroxylation is 2. The molecule has 0 radical (unpaired) electrons. The van der Waals surface area contributed by atoms with E-state index in [0.29, 0.717) is 27.7 Å². The summed E-state index contributed by atoms with van der Waals surface area (Å²) in [7, 11) is 0. The molecule has 0 fully saturated rings. The second kappa shape index (κ2) is 9.78. The van der Waals surface area contributed by atoms with Crippen LogP contribution in [0, 0.1) is 19.8 Å². The van der Waals surface area contributed by atoms with E-state index in [1.165, 1.54) is 6.07 Å². The van der Waals surface area contributed by atoms with E-state index >= 15 is 0 Å². The van der Waals surface area contributed by atoms with E-state index in [1.807, 2.05) is 45.9 Å². The van der Waals surface area contributed by atoms with Crippen molar-refractivity contribution in [2.24, 2.45) is 5.92 Å². The lowest BCUT2D eigenvalue weighted by Gasteiger charge is -2.13. The molecule has 1 aromatic heterocycles. The van der Waals surface area contributed by atoms with Gasteiger partial charge in [-0.3, -0.25) is 14.4 Å². The third kappa shape index (κ3) is 5.42. The molecule has 166 valence electrons. The van der Waals surface area contributed by atoms with Gasteiger partial charge >= 0.3 is 0 Å². The topological polar surface area (TPSA) is 93.1 Å². The van der Waals surface area contributed by atoms with E-state index in [0.717, 1.165) is 15.8 Å². The Morgan fingerprint density at radius 2 is 1.78 bits per heavy atom. The molecule has 2 N–H and O–H groups in total. The second-order valence-electron chi connectivity index (χ2n) is 7.87. The molecule has 7 nitrogen and oxygen atoms in total. The number of anilines is 2. The number of nitrogens with zero attached hydrogens (tertiary/aromatic N) is 2. The molecular formula is C24H25ClN4O3. The molecule has 1 heterocycles. The van der Waals surface area contributed by atoms with Gasteiger partial charge in [-0.05, 0) is 43.2 Å². The molecule has 0 aliphatic carbocycles. The summed E-state index contributed by atoms with van der Waals surface area (Å²) in [6, 6.07) is 13.8. The van der Waals surface area contributed by atoms with E-state index in [1.54, 1.807) is 24.3 Å². The molecule has 3 rings (SSSR count). The first kappa shape index (κ1) is 23.2. The van der Waals surface area contributed by atoms with Crippen molar-refractivity contribution in [3.8, 4) is 11.3 Å².